The summed E-state index contributed by atoms with van der Waals surface area (Å²) in [4.78, 5) is 12.4. The van der Waals surface area contributed by atoms with Gasteiger partial charge in [-0.05, 0) is 30.4 Å². The number of ether oxygens (including phenoxy) is 1. The number of fused-ring (bicyclic) bond motifs is 1. The predicted octanol–water partition coefficient (Wildman–Crippen LogP) is 2.28. The van der Waals surface area contributed by atoms with Crippen molar-refractivity contribution in [2.45, 2.75) is 37.3 Å². The standard InChI is InChI=1S/C19H24N4O2/c1-23-12-15(11-21-23)18-17(8-9-25-18)22-19(24)20-10-14-7-6-13-4-2-3-5-16(13)14/h2-5,11-12,14,17-18H,6-10H2,1H3,(H2,20,22,24)/t14?,17-,18+/m0/s1. The highest BCUT2D eigenvalue weighted by atomic mass is 16.5. The first-order valence-corrected chi connectivity index (χ1v) is 8.93. The average Bonchev–Trinajstić information content (AvgIpc) is 3.32. The van der Waals surface area contributed by atoms with Gasteiger partial charge in [0.25, 0.3) is 0 Å². The van der Waals surface area contributed by atoms with Crippen LogP contribution in [-0.4, -0.2) is 35.0 Å². The van der Waals surface area contributed by atoms with E-state index in [4.69, 9.17) is 4.74 Å². The Balaban J connectivity index is 1.32. The number of carbonyl (C=O) groups excluding carboxylic acids is 1. The summed E-state index contributed by atoms with van der Waals surface area (Å²) in [6.07, 6.45) is 6.65. The lowest BCUT2D eigenvalue weighted by Gasteiger charge is -2.20. The molecule has 1 fully saturated rings. The van der Waals surface area contributed by atoms with E-state index >= 15 is 0 Å². The van der Waals surface area contributed by atoms with Gasteiger partial charge in [-0.2, -0.15) is 5.10 Å². The zero-order valence-electron chi connectivity index (χ0n) is 14.4. The van der Waals surface area contributed by atoms with Crippen molar-refractivity contribution >= 4 is 6.03 Å². The molecule has 2 aliphatic rings. The van der Waals surface area contributed by atoms with Crippen molar-refractivity contribution < 1.29 is 9.53 Å². The molecule has 2 heterocycles. The zero-order chi connectivity index (χ0) is 17.2. The zero-order valence-corrected chi connectivity index (χ0v) is 14.4. The molecule has 3 atom stereocenters. The van der Waals surface area contributed by atoms with Gasteiger partial charge in [-0.25, -0.2) is 4.79 Å². The summed E-state index contributed by atoms with van der Waals surface area (Å²) >= 11 is 0. The highest BCUT2D eigenvalue weighted by Crippen LogP contribution is 2.32. The molecule has 1 saturated heterocycles. The normalized spacial score (nSPS) is 24.9. The Hall–Kier alpha value is -2.34. The molecule has 6 nitrogen and oxygen atoms in total. The number of rotatable bonds is 4. The second-order valence-electron chi connectivity index (χ2n) is 6.92. The van der Waals surface area contributed by atoms with E-state index < -0.39 is 0 Å². The molecule has 1 aromatic heterocycles. The first kappa shape index (κ1) is 16.1. The summed E-state index contributed by atoms with van der Waals surface area (Å²) in [5, 5.41) is 10.3. The fraction of sp³-hybridized carbons (Fsp3) is 0.474. The van der Waals surface area contributed by atoms with Crippen LogP contribution in [0.15, 0.2) is 36.7 Å². The number of carbonyl (C=O) groups is 1. The van der Waals surface area contributed by atoms with Crippen molar-refractivity contribution in [3.05, 3.63) is 53.3 Å². The van der Waals surface area contributed by atoms with Crippen molar-refractivity contribution in [3.63, 3.8) is 0 Å². The Labute approximate surface area is 147 Å². The van der Waals surface area contributed by atoms with Crippen molar-refractivity contribution in [1.82, 2.24) is 20.4 Å². The van der Waals surface area contributed by atoms with Crippen molar-refractivity contribution in [2.75, 3.05) is 13.2 Å². The van der Waals surface area contributed by atoms with Gasteiger partial charge in [0, 0.05) is 37.9 Å². The molecule has 0 spiro atoms. The minimum atomic E-state index is -0.119. The summed E-state index contributed by atoms with van der Waals surface area (Å²) in [5.41, 5.74) is 3.80. The van der Waals surface area contributed by atoms with Crippen LogP contribution in [0.5, 0.6) is 0 Å². The van der Waals surface area contributed by atoms with Gasteiger partial charge in [0.2, 0.25) is 0 Å². The van der Waals surface area contributed by atoms with Crippen molar-refractivity contribution in [1.29, 1.82) is 0 Å². The molecule has 1 aromatic carbocycles. The SMILES string of the molecule is Cn1cc([C@H]2OCC[C@@H]2NC(=O)NCC2CCc3ccccc32)cn1. The smallest absolute Gasteiger partial charge is 0.315 e. The Bertz CT molecular complexity index is 757. The van der Waals surface area contributed by atoms with E-state index in [0.717, 1.165) is 24.8 Å². The third-order valence-electron chi connectivity index (χ3n) is 5.23. The molecule has 0 saturated carbocycles. The molecule has 2 N–H and O–H groups in total. The second kappa shape index (κ2) is 6.88. The van der Waals surface area contributed by atoms with Gasteiger partial charge < -0.3 is 15.4 Å². The number of amides is 2. The topological polar surface area (TPSA) is 68.2 Å². The molecule has 132 valence electrons. The van der Waals surface area contributed by atoms with E-state index in [0.29, 0.717) is 19.1 Å². The molecule has 1 unspecified atom stereocenters. The van der Waals surface area contributed by atoms with Crippen LogP contribution < -0.4 is 10.6 Å². The molecule has 6 heteroatoms. The first-order valence-electron chi connectivity index (χ1n) is 8.93. The Morgan fingerprint density at radius 2 is 2.24 bits per heavy atom. The van der Waals surface area contributed by atoms with Crippen LogP contribution in [0.4, 0.5) is 4.79 Å². The van der Waals surface area contributed by atoms with Gasteiger partial charge in [0.15, 0.2) is 0 Å². The summed E-state index contributed by atoms with van der Waals surface area (Å²) in [5.74, 6) is 0.413. The van der Waals surface area contributed by atoms with Gasteiger partial charge in [0.1, 0.15) is 6.10 Å². The van der Waals surface area contributed by atoms with E-state index in [2.05, 4.69) is 40.0 Å². The van der Waals surface area contributed by atoms with Crippen molar-refractivity contribution in [3.8, 4) is 0 Å². The monoisotopic (exact) mass is 340 g/mol. The molecule has 4 rings (SSSR count). The van der Waals surface area contributed by atoms with Crippen LogP contribution >= 0.6 is 0 Å². The minimum absolute atomic E-state index is 0.0138. The summed E-state index contributed by atoms with van der Waals surface area (Å²) in [6, 6.07) is 8.39. The van der Waals surface area contributed by atoms with Crippen LogP contribution in [0.25, 0.3) is 0 Å². The van der Waals surface area contributed by atoms with E-state index in [-0.39, 0.29) is 18.2 Å². The lowest BCUT2D eigenvalue weighted by molar-refractivity contribution is 0.0998. The van der Waals surface area contributed by atoms with Gasteiger partial charge in [-0.1, -0.05) is 24.3 Å². The summed E-state index contributed by atoms with van der Waals surface area (Å²) in [7, 11) is 1.88. The van der Waals surface area contributed by atoms with Gasteiger partial charge in [-0.15, -0.1) is 0 Å². The summed E-state index contributed by atoms with van der Waals surface area (Å²) in [6.45, 7) is 1.33. The minimum Gasteiger partial charge on any atom is -0.371 e. The number of aromatic nitrogens is 2. The van der Waals surface area contributed by atoms with Gasteiger partial charge in [-0.3, -0.25) is 4.68 Å². The molecule has 1 aliphatic heterocycles. The predicted molar refractivity (Wildman–Crippen MR) is 94.3 cm³/mol. The molecule has 2 amide bonds. The van der Waals surface area contributed by atoms with Crippen LogP contribution in [0.1, 0.15) is 41.6 Å². The highest BCUT2D eigenvalue weighted by Gasteiger charge is 2.32. The van der Waals surface area contributed by atoms with Crippen LogP contribution in [-0.2, 0) is 18.2 Å². The third-order valence-corrected chi connectivity index (χ3v) is 5.23. The number of benzene rings is 1. The lowest BCUT2D eigenvalue weighted by atomic mass is 10.0. The molecule has 1 aliphatic carbocycles. The molecular weight excluding hydrogens is 316 g/mol. The molecule has 2 aromatic rings. The second-order valence-corrected chi connectivity index (χ2v) is 6.92. The van der Waals surface area contributed by atoms with Gasteiger partial charge in [0.05, 0.1) is 12.2 Å². The van der Waals surface area contributed by atoms with E-state index in [1.807, 2.05) is 13.2 Å². The molecule has 0 radical (unpaired) electrons. The number of hydrogen-bond donors (Lipinski definition) is 2. The molecular formula is C19H24N4O2. The van der Waals surface area contributed by atoms with E-state index in [1.54, 1.807) is 10.9 Å². The van der Waals surface area contributed by atoms with Crippen molar-refractivity contribution in [2.24, 2.45) is 7.05 Å². The highest BCUT2D eigenvalue weighted by molar-refractivity contribution is 5.74. The van der Waals surface area contributed by atoms with E-state index in [9.17, 15) is 4.79 Å². The van der Waals surface area contributed by atoms with Gasteiger partial charge >= 0.3 is 6.03 Å². The maximum atomic E-state index is 12.4. The quantitative estimate of drug-likeness (QED) is 0.897. The van der Waals surface area contributed by atoms with E-state index in [1.165, 1.54) is 11.1 Å². The lowest BCUT2D eigenvalue weighted by Crippen LogP contribution is -2.44. The maximum Gasteiger partial charge on any atom is 0.315 e. The van der Waals surface area contributed by atoms with Crippen LogP contribution in [0.2, 0.25) is 0 Å². The summed E-state index contributed by atoms with van der Waals surface area (Å²) < 4.78 is 7.55. The number of nitrogens with zero attached hydrogens (tertiary/aromatic N) is 2. The fourth-order valence-corrected chi connectivity index (χ4v) is 3.95. The maximum absolute atomic E-state index is 12.4. The number of nitrogens with one attached hydrogen (secondary N) is 2. The molecule has 25 heavy (non-hydrogen) atoms. The Morgan fingerprint density at radius 3 is 3.08 bits per heavy atom. The fourth-order valence-electron chi connectivity index (χ4n) is 3.95. The number of hydrogen-bond acceptors (Lipinski definition) is 3. The first-order chi connectivity index (χ1) is 12.2. The number of urea groups is 1. The van der Waals surface area contributed by atoms with Crippen LogP contribution in [0.3, 0.4) is 0 Å². The largest absolute Gasteiger partial charge is 0.371 e. The number of aryl methyl sites for hydroxylation is 2. The third kappa shape index (κ3) is 3.39. The molecule has 0 bridgehead atoms. The Kier molecular flexibility index (Phi) is 4.44. The Morgan fingerprint density at radius 1 is 1.36 bits per heavy atom. The average molecular weight is 340 g/mol. The van der Waals surface area contributed by atoms with Crippen LogP contribution in [0, 0.1) is 0 Å².